The standard InChI is InChI=1S/C15H19F2NO2/c1-10-5-6-11(16)12(13(10)17)14(20)18-15(9-19)7-3-2-4-8-15/h5-6,19H,2-4,7-9H2,1H3,(H,18,20). The summed E-state index contributed by atoms with van der Waals surface area (Å²) in [5, 5.41) is 12.2. The topological polar surface area (TPSA) is 49.3 Å². The maximum Gasteiger partial charge on any atom is 0.257 e. The minimum absolute atomic E-state index is 0.214. The fourth-order valence-electron chi connectivity index (χ4n) is 2.72. The van der Waals surface area contributed by atoms with E-state index in [1.54, 1.807) is 0 Å². The quantitative estimate of drug-likeness (QED) is 0.896. The highest BCUT2D eigenvalue weighted by Crippen LogP contribution is 2.28. The van der Waals surface area contributed by atoms with Crippen LogP contribution >= 0.6 is 0 Å². The van der Waals surface area contributed by atoms with Gasteiger partial charge in [-0.3, -0.25) is 4.79 Å². The molecule has 0 heterocycles. The first kappa shape index (κ1) is 14.9. The first-order chi connectivity index (χ1) is 9.49. The molecule has 0 aliphatic heterocycles. The lowest BCUT2D eigenvalue weighted by Gasteiger charge is -2.36. The molecule has 0 radical (unpaired) electrons. The maximum absolute atomic E-state index is 13.9. The molecule has 1 aliphatic carbocycles. The third-order valence-corrected chi connectivity index (χ3v) is 4.00. The Labute approximate surface area is 117 Å². The predicted octanol–water partition coefficient (Wildman–Crippen LogP) is 2.70. The average Bonchev–Trinajstić information content (AvgIpc) is 2.44. The van der Waals surface area contributed by atoms with Crippen LogP contribution in [-0.2, 0) is 0 Å². The van der Waals surface area contributed by atoms with Gasteiger partial charge in [-0.15, -0.1) is 0 Å². The van der Waals surface area contributed by atoms with E-state index in [0.29, 0.717) is 12.8 Å². The Hall–Kier alpha value is -1.49. The molecule has 0 bridgehead atoms. The zero-order valence-electron chi connectivity index (χ0n) is 11.5. The minimum atomic E-state index is -0.880. The van der Waals surface area contributed by atoms with E-state index in [9.17, 15) is 18.7 Å². The fraction of sp³-hybridized carbons (Fsp3) is 0.533. The van der Waals surface area contributed by atoms with Crippen LogP contribution in [-0.4, -0.2) is 23.2 Å². The molecule has 1 amide bonds. The molecule has 20 heavy (non-hydrogen) atoms. The van der Waals surface area contributed by atoms with Gasteiger partial charge in [0.2, 0.25) is 0 Å². The van der Waals surface area contributed by atoms with Crippen molar-refractivity contribution in [1.29, 1.82) is 0 Å². The predicted molar refractivity (Wildman–Crippen MR) is 71.5 cm³/mol. The molecule has 1 fully saturated rings. The van der Waals surface area contributed by atoms with Crippen LogP contribution in [0.25, 0.3) is 0 Å². The molecule has 1 aromatic rings. The first-order valence-electron chi connectivity index (χ1n) is 6.87. The smallest absolute Gasteiger partial charge is 0.257 e. The highest BCUT2D eigenvalue weighted by molar-refractivity contribution is 5.95. The van der Waals surface area contributed by atoms with Gasteiger partial charge >= 0.3 is 0 Å². The van der Waals surface area contributed by atoms with E-state index in [-0.39, 0.29) is 12.2 Å². The molecule has 0 saturated heterocycles. The van der Waals surface area contributed by atoms with Crippen LogP contribution in [0.5, 0.6) is 0 Å². The highest BCUT2D eigenvalue weighted by atomic mass is 19.1. The molecular formula is C15H19F2NO2. The van der Waals surface area contributed by atoms with Crippen LogP contribution in [0.1, 0.15) is 48.0 Å². The molecule has 3 nitrogen and oxygen atoms in total. The summed E-state index contributed by atoms with van der Waals surface area (Å²) in [7, 11) is 0. The van der Waals surface area contributed by atoms with Crippen LogP contribution in [0.15, 0.2) is 12.1 Å². The van der Waals surface area contributed by atoms with Crippen molar-refractivity contribution in [2.24, 2.45) is 0 Å². The largest absolute Gasteiger partial charge is 0.394 e. The zero-order valence-corrected chi connectivity index (χ0v) is 11.5. The van der Waals surface area contributed by atoms with E-state index in [1.165, 1.54) is 13.0 Å². The number of hydrogen-bond acceptors (Lipinski definition) is 2. The van der Waals surface area contributed by atoms with Gasteiger partial charge in [-0.05, 0) is 31.4 Å². The minimum Gasteiger partial charge on any atom is -0.394 e. The lowest BCUT2D eigenvalue weighted by atomic mass is 9.82. The number of carbonyl (C=O) groups is 1. The number of aliphatic hydroxyl groups excluding tert-OH is 1. The fourth-order valence-corrected chi connectivity index (χ4v) is 2.72. The monoisotopic (exact) mass is 283 g/mol. The van der Waals surface area contributed by atoms with Crippen LogP contribution < -0.4 is 5.32 Å². The van der Waals surface area contributed by atoms with Gasteiger partial charge in [-0.2, -0.15) is 0 Å². The molecule has 2 N–H and O–H groups in total. The summed E-state index contributed by atoms with van der Waals surface area (Å²) in [4.78, 5) is 12.2. The van der Waals surface area contributed by atoms with Crippen LogP contribution in [0.4, 0.5) is 8.78 Å². The first-order valence-corrected chi connectivity index (χ1v) is 6.87. The van der Waals surface area contributed by atoms with E-state index in [2.05, 4.69) is 5.32 Å². The number of rotatable bonds is 3. The molecule has 1 saturated carbocycles. The number of carbonyl (C=O) groups excluding carboxylic acids is 1. The SMILES string of the molecule is Cc1ccc(F)c(C(=O)NC2(CO)CCCCC2)c1F. The second-order valence-corrected chi connectivity index (χ2v) is 5.51. The van der Waals surface area contributed by atoms with Gasteiger partial charge in [0.25, 0.3) is 5.91 Å². The van der Waals surface area contributed by atoms with Gasteiger partial charge in [0.1, 0.15) is 17.2 Å². The molecule has 2 rings (SSSR count). The number of benzene rings is 1. The Morgan fingerprint density at radius 1 is 1.30 bits per heavy atom. The number of amides is 1. The number of nitrogens with one attached hydrogen (secondary N) is 1. The van der Waals surface area contributed by atoms with Gasteiger partial charge in [0.05, 0.1) is 12.1 Å². The third-order valence-electron chi connectivity index (χ3n) is 4.00. The van der Waals surface area contributed by atoms with E-state index < -0.39 is 28.6 Å². The van der Waals surface area contributed by atoms with E-state index in [0.717, 1.165) is 25.3 Å². The van der Waals surface area contributed by atoms with Gasteiger partial charge < -0.3 is 10.4 Å². The maximum atomic E-state index is 13.9. The van der Waals surface area contributed by atoms with E-state index >= 15 is 0 Å². The van der Waals surface area contributed by atoms with Gasteiger partial charge in [-0.1, -0.05) is 25.3 Å². The van der Waals surface area contributed by atoms with Gasteiger partial charge in [0.15, 0.2) is 0 Å². The molecule has 1 aromatic carbocycles. The van der Waals surface area contributed by atoms with Crippen LogP contribution in [0, 0.1) is 18.6 Å². The van der Waals surface area contributed by atoms with E-state index in [4.69, 9.17) is 0 Å². The Balaban J connectivity index is 2.26. The Bertz CT molecular complexity index is 511. The van der Waals surface area contributed by atoms with Crippen molar-refractivity contribution in [3.05, 3.63) is 34.9 Å². The zero-order chi connectivity index (χ0) is 14.8. The molecule has 1 aliphatic rings. The second-order valence-electron chi connectivity index (χ2n) is 5.51. The van der Waals surface area contributed by atoms with Crippen molar-refractivity contribution in [3.63, 3.8) is 0 Å². The highest BCUT2D eigenvalue weighted by Gasteiger charge is 2.34. The molecular weight excluding hydrogens is 264 g/mol. The van der Waals surface area contributed by atoms with Crippen LogP contribution in [0.2, 0.25) is 0 Å². The number of hydrogen-bond donors (Lipinski definition) is 2. The molecule has 0 atom stereocenters. The summed E-state index contributed by atoms with van der Waals surface area (Å²) in [6.07, 6.45) is 4.08. The molecule has 0 spiro atoms. The summed E-state index contributed by atoms with van der Waals surface area (Å²) in [6, 6.07) is 2.38. The average molecular weight is 283 g/mol. The lowest BCUT2D eigenvalue weighted by molar-refractivity contribution is 0.0750. The summed E-state index contributed by atoms with van der Waals surface area (Å²) < 4.78 is 27.6. The molecule has 5 heteroatoms. The number of halogens is 2. The van der Waals surface area contributed by atoms with Crippen LogP contribution in [0.3, 0.4) is 0 Å². The summed E-state index contributed by atoms with van der Waals surface area (Å²) >= 11 is 0. The number of aryl methyl sites for hydroxylation is 1. The Morgan fingerprint density at radius 2 is 1.95 bits per heavy atom. The normalized spacial score (nSPS) is 17.8. The molecule has 110 valence electrons. The molecule has 0 unspecified atom stereocenters. The van der Waals surface area contributed by atoms with Crippen molar-refractivity contribution in [1.82, 2.24) is 5.32 Å². The Morgan fingerprint density at radius 3 is 2.55 bits per heavy atom. The summed E-state index contributed by atoms with van der Waals surface area (Å²) in [5.41, 5.74) is -1.10. The molecule has 0 aromatic heterocycles. The third kappa shape index (κ3) is 2.82. The van der Waals surface area contributed by atoms with Crippen molar-refractivity contribution in [2.75, 3.05) is 6.61 Å². The summed E-state index contributed by atoms with van der Waals surface area (Å²) in [5.74, 6) is -2.51. The van der Waals surface area contributed by atoms with Gasteiger partial charge in [0, 0.05) is 0 Å². The Kier molecular flexibility index (Phi) is 4.38. The van der Waals surface area contributed by atoms with Crippen molar-refractivity contribution < 1.29 is 18.7 Å². The van der Waals surface area contributed by atoms with Crippen molar-refractivity contribution in [2.45, 2.75) is 44.6 Å². The van der Waals surface area contributed by atoms with E-state index in [1.807, 2.05) is 0 Å². The lowest BCUT2D eigenvalue weighted by Crippen LogP contribution is -2.52. The summed E-state index contributed by atoms with van der Waals surface area (Å²) in [6.45, 7) is 1.27. The number of aliphatic hydroxyl groups is 1. The van der Waals surface area contributed by atoms with Crippen molar-refractivity contribution >= 4 is 5.91 Å². The van der Waals surface area contributed by atoms with Gasteiger partial charge in [-0.25, -0.2) is 8.78 Å². The second kappa shape index (κ2) is 5.87. The van der Waals surface area contributed by atoms with Crippen molar-refractivity contribution in [3.8, 4) is 0 Å².